The highest BCUT2D eigenvalue weighted by Crippen LogP contribution is 2.53. The largest absolute Gasteiger partial charge is 0.455 e. The molecule has 0 saturated carbocycles. The third-order valence-electron chi connectivity index (χ3n) is 12.7. The molecule has 1 heteroatoms. The molecule has 1 aliphatic rings. The minimum Gasteiger partial charge on any atom is -0.455 e. The molecule has 56 heavy (non-hydrogen) atoms. The van der Waals surface area contributed by atoms with Gasteiger partial charge in [0.15, 0.2) is 0 Å². The molecular formula is C55H36O. The lowest BCUT2D eigenvalue weighted by Crippen LogP contribution is -2.15. The van der Waals surface area contributed by atoms with Gasteiger partial charge in [-0.25, -0.2) is 0 Å². The molecule has 262 valence electrons. The molecule has 11 aromatic rings. The molecular weight excluding hydrogens is 677 g/mol. The molecule has 1 aromatic heterocycles. The van der Waals surface area contributed by atoms with E-state index in [-0.39, 0.29) is 5.41 Å². The maximum atomic E-state index is 6.78. The summed E-state index contributed by atoms with van der Waals surface area (Å²) in [6.07, 6.45) is 0. The molecule has 10 aromatic carbocycles. The highest BCUT2D eigenvalue weighted by atomic mass is 16.3. The van der Waals surface area contributed by atoms with Gasteiger partial charge in [0, 0.05) is 27.1 Å². The Bertz CT molecular complexity index is 3390. The zero-order valence-electron chi connectivity index (χ0n) is 31.2. The van der Waals surface area contributed by atoms with Gasteiger partial charge in [-0.2, -0.15) is 0 Å². The van der Waals surface area contributed by atoms with Crippen molar-refractivity contribution in [1.29, 1.82) is 0 Å². The monoisotopic (exact) mass is 712 g/mol. The second kappa shape index (κ2) is 11.5. The molecule has 1 aliphatic carbocycles. The lowest BCUT2D eigenvalue weighted by Gasteiger charge is -2.23. The van der Waals surface area contributed by atoms with Gasteiger partial charge in [-0.1, -0.05) is 178 Å². The first-order valence-corrected chi connectivity index (χ1v) is 19.6. The van der Waals surface area contributed by atoms with Crippen LogP contribution in [-0.2, 0) is 5.41 Å². The molecule has 0 N–H and O–H groups in total. The first kappa shape index (κ1) is 31.4. The molecule has 0 saturated heterocycles. The van der Waals surface area contributed by atoms with Crippen LogP contribution in [0.5, 0.6) is 0 Å². The van der Waals surface area contributed by atoms with Gasteiger partial charge < -0.3 is 4.42 Å². The molecule has 0 fully saturated rings. The average Bonchev–Trinajstić information content (AvgIpc) is 3.74. The van der Waals surface area contributed by atoms with Gasteiger partial charge in [-0.15, -0.1) is 0 Å². The number of fused-ring (bicyclic) bond motifs is 11. The van der Waals surface area contributed by atoms with Crippen LogP contribution in [0, 0.1) is 0 Å². The minimum absolute atomic E-state index is 0.205. The fraction of sp³-hybridized carbons (Fsp3) is 0.0545. The summed E-state index contributed by atoms with van der Waals surface area (Å²) >= 11 is 0. The van der Waals surface area contributed by atoms with Crippen LogP contribution in [0.1, 0.15) is 25.0 Å². The molecule has 0 bridgehead atoms. The van der Waals surface area contributed by atoms with Crippen molar-refractivity contribution in [3.8, 4) is 44.5 Å². The first-order valence-electron chi connectivity index (χ1n) is 19.6. The Kier molecular flexibility index (Phi) is 6.46. The van der Waals surface area contributed by atoms with Gasteiger partial charge in [-0.05, 0) is 106 Å². The second-order valence-corrected chi connectivity index (χ2v) is 16.0. The molecule has 12 rings (SSSR count). The van der Waals surface area contributed by atoms with Crippen LogP contribution in [0.4, 0.5) is 0 Å². The number of para-hydroxylation sites is 1. The number of furan rings is 1. The SMILES string of the molecule is CC1(C)c2cc(-c3c4ccccc4c(-c4cccc5ccccc45)c4ccccc34)ccc2-c2ccc(-c3cccc4c3oc3c5ccccc5ccc43)cc21. The molecule has 1 heterocycles. The highest BCUT2D eigenvalue weighted by Gasteiger charge is 2.36. The predicted octanol–water partition coefficient (Wildman–Crippen LogP) is 15.5. The zero-order valence-corrected chi connectivity index (χ0v) is 31.2. The summed E-state index contributed by atoms with van der Waals surface area (Å²) in [6, 6.07) is 67.1. The maximum absolute atomic E-state index is 6.78. The zero-order chi connectivity index (χ0) is 37.1. The Labute approximate surface area is 325 Å². The molecule has 0 amide bonds. The van der Waals surface area contributed by atoms with Crippen molar-refractivity contribution in [2.45, 2.75) is 19.3 Å². The van der Waals surface area contributed by atoms with E-state index in [9.17, 15) is 0 Å². The van der Waals surface area contributed by atoms with Crippen molar-refractivity contribution >= 4 is 65.0 Å². The van der Waals surface area contributed by atoms with E-state index in [0.717, 1.165) is 32.9 Å². The number of hydrogen-bond acceptors (Lipinski definition) is 1. The Morgan fingerprint density at radius 1 is 0.321 bits per heavy atom. The molecule has 0 unspecified atom stereocenters. The lowest BCUT2D eigenvalue weighted by molar-refractivity contribution is 0.660. The van der Waals surface area contributed by atoms with Crippen LogP contribution in [0.15, 0.2) is 186 Å². The fourth-order valence-electron chi connectivity index (χ4n) is 9.99. The molecule has 0 aliphatic heterocycles. The molecule has 0 radical (unpaired) electrons. The summed E-state index contributed by atoms with van der Waals surface area (Å²) in [4.78, 5) is 0. The van der Waals surface area contributed by atoms with Crippen molar-refractivity contribution in [3.05, 3.63) is 193 Å². The van der Waals surface area contributed by atoms with Gasteiger partial charge in [0.05, 0.1) is 0 Å². The highest BCUT2D eigenvalue weighted by molar-refractivity contribution is 6.24. The van der Waals surface area contributed by atoms with Crippen LogP contribution < -0.4 is 0 Å². The van der Waals surface area contributed by atoms with Crippen molar-refractivity contribution < 1.29 is 4.42 Å². The van der Waals surface area contributed by atoms with Crippen molar-refractivity contribution in [3.63, 3.8) is 0 Å². The van der Waals surface area contributed by atoms with E-state index < -0.39 is 0 Å². The van der Waals surface area contributed by atoms with Crippen LogP contribution in [0.2, 0.25) is 0 Å². The standard InChI is InChI=1S/C55H36O/c1-55(2)49-31-35(39-22-12-24-47-48-30-25-34-14-4-6-17-38(34)53(48)56-54(39)47)26-28-40(49)41-29-27-36(32-50(41)55)51-43-18-7-9-20-45(43)52(46-21-10-8-19-44(46)51)42-23-11-15-33-13-3-5-16-37(33)42/h3-32H,1-2H3. The maximum Gasteiger partial charge on any atom is 0.143 e. The third kappa shape index (κ3) is 4.31. The summed E-state index contributed by atoms with van der Waals surface area (Å²) in [7, 11) is 0. The molecule has 0 spiro atoms. The quantitative estimate of drug-likeness (QED) is 0.166. The summed E-state index contributed by atoms with van der Waals surface area (Å²) in [5.41, 5.74) is 14.5. The Balaban J connectivity index is 1.03. The number of rotatable bonds is 3. The van der Waals surface area contributed by atoms with Gasteiger partial charge >= 0.3 is 0 Å². The van der Waals surface area contributed by atoms with E-state index >= 15 is 0 Å². The van der Waals surface area contributed by atoms with Gasteiger partial charge in [0.25, 0.3) is 0 Å². The first-order chi connectivity index (χ1) is 27.5. The second-order valence-electron chi connectivity index (χ2n) is 16.0. The van der Waals surface area contributed by atoms with E-state index in [4.69, 9.17) is 4.42 Å². The third-order valence-corrected chi connectivity index (χ3v) is 12.7. The van der Waals surface area contributed by atoms with Crippen molar-refractivity contribution in [1.82, 2.24) is 0 Å². The summed E-state index contributed by atoms with van der Waals surface area (Å²) in [6.45, 7) is 4.78. The smallest absolute Gasteiger partial charge is 0.143 e. The average molecular weight is 713 g/mol. The number of benzene rings is 10. The molecule has 1 nitrogen and oxygen atoms in total. The summed E-state index contributed by atoms with van der Waals surface area (Å²) in [5, 5.41) is 12.3. The topological polar surface area (TPSA) is 13.1 Å². The van der Waals surface area contributed by atoms with E-state index in [0.29, 0.717) is 0 Å². The van der Waals surface area contributed by atoms with Crippen molar-refractivity contribution in [2.24, 2.45) is 0 Å². The Hall–Kier alpha value is -6.96. The van der Waals surface area contributed by atoms with Gasteiger partial charge in [0.2, 0.25) is 0 Å². The van der Waals surface area contributed by atoms with Crippen LogP contribution in [-0.4, -0.2) is 0 Å². The van der Waals surface area contributed by atoms with E-state index in [1.54, 1.807) is 0 Å². The van der Waals surface area contributed by atoms with E-state index in [1.807, 2.05) is 0 Å². The number of hydrogen-bond donors (Lipinski definition) is 0. The van der Waals surface area contributed by atoms with Crippen molar-refractivity contribution in [2.75, 3.05) is 0 Å². The van der Waals surface area contributed by atoms with Crippen LogP contribution in [0.25, 0.3) is 110 Å². The Morgan fingerprint density at radius 3 is 1.50 bits per heavy atom. The fourth-order valence-corrected chi connectivity index (χ4v) is 9.99. The van der Waals surface area contributed by atoms with Crippen LogP contribution >= 0.6 is 0 Å². The van der Waals surface area contributed by atoms with Gasteiger partial charge in [0.1, 0.15) is 11.2 Å². The minimum atomic E-state index is -0.205. The molecule has 0 atom stereocenters. The summed E-state index contributed by atoms with van der Waals surface area (Å²) in [5.74, 6) is 0. The van der Waals surface area contributed by atoms with Crippen LogP contribution in [0.3, 0.4) is 0 Å². The Morgan fingerprint density at radius 2 is 0.804 bits per heavy atom. The summed E-state index contributed by atoms with van der Waals surface area (Å²) < 4.78 is 6.78. The van der Waals surface area contributed by atoms with Gasteiger partial charge in [-0.3, -0.25) is 0 Å². The predicted molar refractivity (Wildman–Crippen MR) is 238 cm³/mol. The normalized spacial score (nSPS) is 13.3. The van der Waals surface area contributed by atoms with E-state index in [2.05, 4.69) is 196 Å². The van der Waals surface area contributed by atoms with E-state index in [1.165, 1.54) is 87.8 Å². The lowest BCUT2D eigenvalue weighted by atomic mass is 9.79.